The fourth-order valence-corrected chi connectivity index (χ4v) is 2.99. The number of amides is 1. The lowest BCUT2D eigenvalue weighted by atomic mass is 9.92. The summed E-state index contributed by atoms with van der Waals surface area (Å²) >= 11 is 0. The minimum absolute atomic E-state index is 0. The van der Waals surface area contributed by atoms with E-state index in [0.29, 0.717) is 31.6 Å². The summed E-state index contributed by atoms with van der Waals surface area (Å²) < 4.78 is 0. The monoisotopic (exact) mass is 325 g/mol. The fourth-order valence-electron chi connectivity index (χ4n) is 2.99. The predicted molar refractivity (Wildman–Crippen MR) is 93.0 cm³/mol. The van der Waals surface area contributed by atoms with Gasteiger partial charge in [-0.05, 0) is 30.9 Å². The molecule has 0 spiro atoms. The first-order valence-electron chi connectivity index (χ1n) is 7.82. The SMILES string of the molecule is CC1CCN(CC(=O)N(C)Cc2ccccc2)C(CN)C1.Cl. The molecule has 0 saturated carbocycles. The average molecular weight is 326 g/mol. The minimum Gasteiger partial charge on any atom is -0.340 e. The topological polar surface area (TPSA) is 49.6 Å². The quantitative estimate of drug-likeness (QED) is 0.902. The lowest BCUT2D eigenvalue weighted by Gasteiger charge is -2.38. The Morgan fingerprint density at radius 3 is 2.68 bits per heavy atom. The third-order valence-electron chi connectivity index (χ3n) is 4.40. The highest BCUT2D eigenvalue weighted by atomic mass is 35.5. The summed E-state index contributed by atoms with van der Waals surface area (Å²) in [5, 5.41) is 0. The molecule has 1 aliphatic heterocycles. The van der Waals surface area contributed by atoms with Crippen molar-refractivity contribution in [2.45, 2.75) is 32.4 Å². The Bertz CT molecular complexity index is 454. The first-order valence-corrected chi connectivity index (χ1v) is 7.82. The normalized spacial score (nSPS) is 22.0. The van der Waals surface area contributed by atoms with Crippen LogP contribution in [0.3, 0.4) is 0 Å². The molecule has 5 heteroatoms. The number of hydrogen-bond acceptors (Lipinski definition) is 3. The van der Waals surface area contributed by atoms with E-state index in [4.69, 9.17) is 5.73 Å². The molecule has 1 saturated heterocycles. The van der Waals surface area contributed by atoms with Crippen molar-refractivity contribution in [3.05, 3.63) is 35.9 Å². The minimum atomic E-state index is 0. The van der Waals surface area contributed by atoms with E-state index in [9.17, 15) is 4.79 Å². The molecular formula is C17H28ClN3O. The highest BCUT2D eigenvalue weighted by Crippen LogP contribution is 2.21. The maximum atomic E-state index is 12.4. The summed E-state index contributed by atoms with van der Waals surface area (Å²) in [7, 11) is 1.87. The largest absolute Gasteiger partial charge is 0.340 e. The molecule has 124 valence electrons. The van der Waals surface area contributed by atoms with E-state index < -0.39 is 0 Å². The lowest BCUT2D eigenvalue weighted by molar-refractivity contribution is -0.132. The van der Waals surface area contributed by atoms with Crippen molar-refractivity contribution in [3.63, 3.8) is 0 Å². The van der Waals surface area contributed by atoms with Gasteiger partial charge in [0.2, 0.25) is 5.91 Å². The summed E-state index contributed by atoms with van der Waals surface area (Å²) in [5.41, 5.74) is 7.03. The molecule has 0 aliphatic carbocycles. The molecule has 1 aliphatic rings. The molecule has 1 amide bonds. The Morgan fingerprint density at radius 1 is 1.36 bits per heavy atom. The Balaban J connectivity index is 0.00000242. The maximum Gasteiger partial charge on any atom is 0.236 e. The van der Waals surface area contributed by atoms with Crippen LogP contribution in [-0.4, -0.2) is 48.4 Å². The summed E-state index contributed by atoms with van der Waals surface area (Å²) in [6.45, 7) is 5.03. The summed E-state index contributed by atoms with van der Waals surface area (Å²) in [6.07, 6.45) is 2.26. The van der Waals surface area contributed by atoms with Crippen molar-refractivity contribution in [2.75, 3.05) is 26.7 Å². The van der Waals surface area contributed by atoms with E-state index in [0.717, 1.165) is 24.9 Å². The zero-order valence-corrected chi connectivity index (χ0v) is 14.4. The van der Waals surface area contributed by atoms with Gasteiger partial charge in [0.05, 0.1) is 6.54 Å². The van der Waals surface area contributed by atoms with Gasteiger partial charge in [0, 0.05) is 26.2 Å². The van der Waals surface area contributed by atoms with Crippen molar-refractivity contribution in [3.8, 4) is 0 Å². The van der Waals surface area contributed by atoms with Gasteiger partial charge in [-0.15, -0.1) is 12.4 Å². The Morgan fingerprint density at radius 2 is 2.05 bits per heavy atom. The van der Waals surface area contributed by atoms with Crippen LogP contribution in [0.25, 0.3) is 0 Å². The van der Waals surface area contributed by atoms with E-state index in [1.165, 1.54) is 0 Å². The Hall–Kier alpha value is -1.10. The van der Waals surface area contributed by atoms with Crippen LogP contribution >= 0.6 is 12.4 Å². The van der Waals surface area contributed by atoms with E-state index in [-0.39, 0.29) is 18.3 Å². The van der Waals surface area contributed by atoms with Crippen LogP contribution in [-0.2, 0) is 11.3 Å². The van der Waals surface area contributed by atoms with E-state index in [1.807, 2.05) is 25.2 Å². The van der Waals surface area contributed by atoms with Crippen LogP contribution in [0.2, 0.25) is 0 Å². The van der Waals surface area contributed by atoms with Crippen molar-refractivity contribution in [1.82, 2.24) is 9.80 Å². The molecule has 0 bridgehead atoms. The van der Waals surface area contributed by atoms with Gasteiger partial charge in [-0.2, -0.15) is 0 Å². The molecule has 22 heavy (non-hydrogen) atoms. The molecule has 1 fully saturated rings. The zero-order chi connectivity index (χ0) is 15.2. The number of hydrogen-bond donors (Lipinski definition) is 1. The van der Waals surface area contributed by atoms with Gasteiger partial charge in [-0.25, -0.2) is 0 Å². The molecule has 2 rings (SSSR count). The maximum absolute atomic E-state index is 12.4. The van der Waals surface area contributed by atoms with Crippen molar-refractivity contribution >= 4 is 18.3 Å². The number of benzene rings is 1. The van der Waals surface area contributed by atoms with Gasteiger partial charge in [-0.1, -0.05) is 37.3 Å². The number of likely N-dealkylation sites (N-methyl/N-ethyl adjacent to an activating group) is 1. The van der Waals surface area contributed by atoms with Gasteiger partial charge in [0.15, 0.2) is 0 Å². The van der Waals surface area contributed by atoms with E-state index in [1.54, 1.807) is 4.90 Å². The first-order chi connectivity index (χ1) is 10.1. The number of carbonyl (C=O) groups is 1. The van der Waals surface area contributed by atoms with Crippen LogP contribution in [0.15, 0.2) is 30.3 Å². The van der Waals surface area contributed by atoms with Gasteiger partial charge in [0.1, 0.15) is 0 Å². The molecule has 2 unspecified atom stereocenters. The van der Waals surface area contributed by atoms with Crippen LogP contribution in [0.1, 0.15) is 25.3 Å². The van der Waals surface area contributed by atoms with Crippen molar-refractivity contribution in [2.24, 2.45) is 11.7 Å². The highest BCUT2D eigenvalue weighted by Gasteiger charge is 2.27. The molecule has 0 aromatic heterocycles. The molecule has 1 aromatic carbocycles. The molecule has 1 aromatic rings. The third-order valence-corrected chi connectivity index (χ3v) is 4.40. The highest BCUT2D eigenvalue weighted by molar-refractivity contribution is 5.85. The molecule has 4 nitrogen and oxygen atoms in total. The molecule has 1 heterocycles. The van der Waals surface area contributed by atoms with Crippen LogP contribution in [0, 0.1) is 5.92 Å². The second-order valence-corrected chi connectivity index (χ2v) is 6.22. The average Bonchev–Trinajstić information content (AvgIpc) is 2.49. The molecular weight excluding hydrogens is 298 g/mol. The number of carbonyl (C=O) groups excluding carboxylic acids is 1. The number of piperidine rings is 1. The van der Waals surface area contributed by atoms with Crippen LogP contribution in [0.5, 0.6) is 0 Å². The first kappa shape index (κ1) is 18.9. The smallest absolute Gasteiger partial charge is 0.236 e. The Kier molecular flexibility index (Phi) is 7.87. The number of likely N-dealkylation sites (tertiary alicyclic amines) is 1. The summed E-state index contributed by atoms with van der Waals surface area (Å²) in [6, 6.07) is 10.5. The van der Waals surface area contributed by atoms with Gasteiger partial charge in [0.25, 0.3) is 0 Å². The zero-order valence-electron chi connectivity index (χ0n) is 13.6. The third kappa shape index (κ3) is 5.27. The standard InChI is InChI=1S/C17H27N3O.ClH/c1-14-8-9-20(16(10-14)11-18)13-17(21)19(2)12-15-6-4-3-5-7-15;/h3-7,14,16H,8-13,18H2,1-2H3;1H. The number of nitrogens with zero attached hydrogens (tertiary/aromatic N) is 2. The van der Waals surface area contributed by atoms with Gasteiger partial charge >= 0.3 is 0 Å². The number of rotatable bonds is 5. The molecule has 0 radical (unpaired) electrons. The van der Waals surface area contributed by atoms with Gasteiger partial charge in [-0.3, -0.25) is 9.69 Å². The summed E-state index contributed by atoms with van der Waals surface area (Å²) in [4.78, 5) is 16.5. The second kappa shape index (κ2) is 9.13. The number of halogens is 1. The summed E-state index contributed by atoms with van der Waals surface area (Å²) in [5.74, 6) is 0.888. The molecule has 2 atom stereocenters. The van der Waals surface area contributed by atoms with Crippen LogP contribution in [0.4, 0.5) is 0 Å². The van der Waals surface area contributed by atoms with Crippen molar-refractivity contribution in [1.29, 1.82) is 0 Å². The predicted octanol–water partition coefficient (Wildman–Crippen LogP) is 2.13. The van der Waals surface area contributed by atoms with E-state index in [2.05, 4.69) is 24.0 Å². The van der Waals surface area contributed by atoms with Gasteiger partial charge < -0.3 is 10.6 Å². The molecule has 2 N–H and O–H groups in total. The lowest BCUT2D eigenvalue weighted by Crippen LogP contribution is -2.50. The number of nitrogens with two attached hydrogens (primary N) is 1. The fraction of sp³-hybridized carbons (Fsp3) is 0.588. The second-order valence-electron chi connectivity index (χ2n) is 6.22. The van der Waals surface area contributed by atoms with E-state index >= 15 is 0 Å². The Labute approximate surface area is 140 Å². The van der Waals surface area contributed by atoms with Crippen molar-refractivity contribution < 1.29 is 4.79 Å². The van der Waals surface area contributed by atoms with Crippen LogP contribution < -0.4 is 5.73 Å².